The van der Waals surface area contributed by atoms with Gasteiger partial charge in [-0.05, 0) is 24.3 Å². The molecule has 0 bridgehead atoms. The first-order valence-electron chi connectivity index (χ1n) is 5.45. The molecule has 1 N–H and O–H groups in total. The van der Waals surface area contributed by atoms with Crippen LogP contribution in [0.2, 0.25) is 10.0 Å². The Morgan fingerprint density at radius 1 is 0.950 bits per heavy atom. The van der Waals surface area contributed by atoms with Gasteiger partial charge in [-0.2, -0.15) is 0 Å². The lowest BCUT2D eigenvalue weighted by Crippen LogP contribution is -2.17. The molecule has 0 spiro atoms. The third kappa shape index (κ3) is 2.65. The van der Waals surface area contributed by atoms with Crippen molar-refractivity contribution in [3.8, 4) is 0 Å². The minimum absolute atomic E-state index is 0.0104. The molecule has 0 heterocycles. The summed E-state index contributed by atoms with van der Waals surface area (Å²) in [4.78, 5) is -0.0104. The van der Waals surface area contributed by atoms with Gasteiger partial charge in [0.05, 0.1) is 20.5 Å². The minimum Gasteiger partial charge on any atom is -0.410 e. The van der Waals surface area contributed by atoms with Gasteiger partial charge in [0, 0.05) is 0 Å². The summed E-state index contributed by atoms with van der Waals surface area (Å²) in [6, 6.07) is 12.1. The predicted octanol–water partition coefficient (Wildman–Crippen LogP) is 3.60. The molecular formula is C13H9Cl2NO3S. The number of oxime groups is 1. The SMILES string of the molecule is O=S(=O)(C(=NO)c1c(Cl)cccc1Cl)c1ccccc1. The van der Waals surface area contributed by atoms with Crippen LogP contribution < -0.4 is 0 Å². The number of halogens is 2. The van der Waals surface area contributed by atoms with Crippen molar-refractivity contribution in [1.29, 1.82) is 0 Å². The first-order chi connectivity index (χ1) is 9.48. The van der Waals surface area contributed by atoms with Crippen molar-refractivity contribution in [2.75, 3.05) is 0 Å². The van der Waals surface area contributed by atoms with E-state index in [1.165, 1.54) is 24.3 Å². The van der Waals surface area contributed by atoms with E-state index in [0.29, 0.717) is 0 Å². The minimum atomic E-state index is -4.02. The van der Waals surface area contributed by atoms with E-state index in [1.807, 2.05) is 0 Å². The second-order valence-corrected chi connectivity index (χ2v) is 6.50. The van der Waals surface area contributed by atoms with Crippen LogP contribution in [-0.4, -0.2) is 18.7 Å². The predicted molar refractivity (Wildman–Crippen MR) is 78.4 cm³/mol. The Labute approximate surface area is 126 Å². The first kappa shape index (κ1) is 14.8. The fourth-order valence-electron chi connectivity index (χ4n) is 1.65. The number of nitrogens with zero attached hydrogens (tertiary/aromatic N) is 1. The van der Waals surface area contributed by atoms with E-state index in [0.717, 1.165) is 0 Å². The van der Waals surface area contributed by atoms with E-state index >= 15 is 0 Å². The summed E-state index contributed by atoms with van der Waals surface area (Å²) in [5.74, 6) is 0. The summed E-state index contributed by atoms with van der Waals surface area (Å²) in [6.07, 6.45) is 0. The van der Waals surface area contributed by atoms with Crippen LogP contribution in [0.25, 0.3) is 0 Å². The van der Waals surface area contributed by atoms with Crippen LogP contribution >= 0.6 is 23.2 Å². The monoisotopic (exact) mass is 329 g/mol. The Morgan fingerprint density at radius 2 is 1.50 bits per heavy atom. The Morgan fingerprint density at radius 3 is 2.00 bits per heavy atom. The van der Waals surface area contributed by atoms with Crippen molar-refractivity contribution < 1.29 is 13.6 Å². The molecule has 2 rings (SSSR count). The van der Waals surface area contributed by atoms with Crippen molar-refractivity contribution in [3.05, 3.63) is 64.1 Å². The van der Waals surface area contributed by atoms with Gasteiger partial charge in [0.1, 0.15) is 0 Å². The first-order valence-corrected chi connectivity index (χ1v) is 7.69. The molecule has 2 aromatic carbocycles. The van der Waals surface area contributed by atoms with E-state index in [4.69, 9.17) is 28.4 Å². The lowest BCUT2D eigenvalue weighted by Gasteiger charge is -2.09. The molecule has 0 radical (unpaired) electrons. The van der Waals surface area contributed by atoms with Gasteiger partial charge in [0.2, 0.25) is 14.9 Å². The number of benzene rings is 2. The van der Waals surface area contributed by atoms with Crippen molar-refractivity contribution in [2.45, 2.75) is 4.90 Å². The normalized spacial score (nSPS) is 12.4. The lowest BCUT2D eigenvalue weighted by atomic mass is 10.2. The highest BCUT2D eigenvalue weighted by Gasteiger charge is 2.28. The zero-order valence-electron chi connectivity index (χ0n) is 9.99. The van der Waals surface area contributed by atoms with Gasteiger partial charge in [-0.25, -0.2) is 8.42 Å². The fraction of sp³-hybridized carbons (Fsp3) is 0. The Kier molecular flexibility index (Phi) is 4.32. The quantitative estimate of drug-likeness (QED) is 0.396. The van der Waals surface area contributed by atoms with Crippen LogP contribution in [0.3, 0.4) is 0 Å². The number of sulfone groups is 1. The van der Waals surface area contributed by atoms with Crippen molar-refractivity contribution in [2.24, 2.45) is 5.16 Å². The lowest BCUT2D eigenvalue weighted by molar-refractivity contribution is 0.320. The summed E-state index contributed by atoms with van der Waals surface area (Å²) < 4.78 is 24.9. The number of hydrogen-bond donors (Lipinski definition) is 1. The van der Waals surface area contributed by atoms with Crippen LogP contribution in [0.4, 0.5) is 0 Å². The highest BCUT2D eigenvalue weighted by Crippen LogP contribution is 2.29. The molecule has 0 aliphatic heterocycles. The largest absolute Gasteiger partial charge is 0.410 e. The highest BCUT2D eigenvalue weighted by atomic mass is 35.5. The molecule has 0 saturated heterocycles. The molecule has 0 aromatic heterocycles. The second-order valence-electron chi connectivity index (χ2n) is 3.82. The highest BCUT2D eigenvalue weighted by molar-refractivity contribution is 8.07. The molecule has 4 nitrogen and oxygen atoms in total. The Balaban J connectivity index is 2.66. The molecule has 104 valence electrons. The third-order valence-electron chi connectivity index (χ3n) is 2.58. The molecule has 0 saturated carbocycles. The van der Waals surface area contributed by atoms with E-state index < -0.39 is 14.9 Å². The molecule has 0 aliphatic rings. The van der Waals surface area contributed by atoms with Crippen LogP contribution in [0.1, 0.15) is 5.56 Å². The third-order valence-corrected chi connectivity index (χ3v) is 4.89. The van der Waals surface area contributed by atoms with Gasteiger partial charge in [-0.1, -0.05) is 52.6 Å². The van der Waals surface area contributed by atoms with E-state index in [-0.39, 0.29) is 20.5 Å². The van der Waals surface area contributed by atoms with E-state index in [1.54, 1.807) is 24.3 Å². The summed E-state index contributed by atoms with van der Waals surface area (Å²) in [6.45, 7) is 0. The average molecular weight is 330 g/mol. The summed E-state index contributed by atoms with van der Waals surface area (Å²) >= 11 is 11.9. The summed E-state index contributed by atoms with van der Waals surface area (Å²) in [5.41, 5.74) is -0.0258. The van der Waals surface area contributed by atoms with Crippen molar-refractivity contribution >= 4 is 38.1 Å². The van der Waals surface area contributed by atoms with E-state index in [2.05, 4.69) is 5.16 Å². The van der Waals surface area contributed by atoms with Gasteiger partial charge >= 0.3 is 0 Å². The Bertz CT molecular complexity index is 738. The zero-order valence-corrected chi connectivity index (χ0v) is 12.3. The number of rotatable bonds is 2. The Hall–Kier alpha value is -1.56. The van der Waals surface area contributed by atoms with Gasteiger partial charge < -0.3 is 5.21 Å². The van der Waals surface area contributed by atoms with Crippen molar-refractivity contribution in [3.63, 3.8) is 0 Å². The van der Waals surface area contributed by atoms with Gasteiger partial charge in [0.25, 0.3) is 0 Å². The molecule has 0 unspecified atom stereocenters. The fourth-order valence-corrected chi connectivity index (χ4v) is 3.67. The van der Waals surface area contributed by atoms with Gasteiger partial charge in [-0.3, -0.25) is 0 Å². The topological polar surface area (TPSA) is 66.7 Å². The summed E-state index contributed by atoms with van der Waals surface area (Å²) in [5, 5.41) is 11.6. The second kappa shape index (κ2) is 5.83. The molecule has 0 amide bonds. The maximum absolute atomic E-state index is 12.5. The van der Waals surface area contributed by atoms with Gasteiger partial charge in [-0.15, -0.1) is 0 Å². The maximum Gasteiger partial charge on any atom is 0.227 e. The average Bonchev–Trinajstić information content (AvgIpc) is 2.43. The molecule has 0 aliphatic carbocycles. The molecule has 20 heavy (non-hydrogen) atoms. The number of hydrogen-bond acceptors (Lipinski definition) is 4. The molecule has 0 fully saturated rings. The molecule has 0 atom stereocenters. The van der Waals surface area contributed by atoms with Crippen LogP contribution in [0.15, 0.2) is 58.6 Å². The van der Waals surface area contributed by atoms with Crippen LogP contribution in [-0.2, 0) is 9.84 Å². The molecule has 7 heteroatoms. The van der Waals surface area contributed by atoms with E-state index in [9.17, 15) is 8.42 Å². The van der Waals surface area contributed by atoms with Gasteiger partial charge in [0.15, 0.2) is 0 Å². The summed E-state index contributed by atoms with van der Waals surface area (Å²) in [7, 11) is -4.02. The maximum atomic E-state index is 12.5. The molecule has 2 aromatic rings. The molecular weight excluding hydrogens is 321 g/mol. The van der Waals surface area contributed by atoms with Crippen LogP contribution in [0.5, 0.6) is 0 Å². The smallest absolute Gasteiger partial charge is 0.227 e. The standard InChI is InChI=1S/C13H9Cl2NO3S/c14-10-7-4-8-11(15)12(10)13(16-17)20(18,19)9-5-2-1-3-6-9/h1-8,17H. The zero-order chi connectivity index (χ0) is 14.8. The van der Waals surface area contributed by atoms with Crippen molar-refractivity contribution in [1.82, 2.24) is 0 Å². The van der Waals surface area contributed by atoms with Crippen LogP contribution in [0, 0.1) is 0 Å².